The number of carbonyl (C=O) groups is 1. The van der Waals surface area contributed by atoms with E-state index >= 15 is 0 Å². The Hall–Kier alpha value is -4.35. The lowest BCUT2D eigenvalue weighted by Crippen LogP contribution is -2.08. The van der Waals surface area contributed by atoms with Crippen molar-refractivity contribution in [3.05, 3.63) is 67.4 Å². The van der Waals surface area contributed by atoms with Crippen LogP contribution in [0.5, 0.6) is 11.6 Å². The molecule has 0 saturated carbocycles. The summed E-state index contributed by atoms with van der Waals surface area (Å²) in [6.07, 6.45) is 2.89. The Bertz CT molecular complexity index is 1290. The molecule has 9 nitrogen and oxygen atoms in total. The summed E-state index contributed by atoms with van der Waals surface area (Å²) in [6, 6.07) is 7.18. The Labute approximate surface area is 179 Å². The fraction of sp³-hybridized carbons (Fsp3) is 0.100. The molecule has 0 atom stereocenters. The highest BCUT2D eigenvalue weighted by molar-refractivity contribution is 5.98. The summed E-state index contributed by atoms with van der Waals surface area (Å²) in [5, 5.41) is 13.5. The first-order chi connectivity index (χ1) is 15.4. The number of carbonyl (C=O) groups excluding carboxylic acids is 1. The maximum Gasteiger partial charge on any atom is 0.257 e. The highest BCUT2D eigenvalue weighted by Gasteiger charge is 2.15. The van der Waals surface area contributed by atoms with Crippen molar-refractivity contribution < 1.29 is 22.7 Å². The summed E-state index contributed by atoms with van der Waals surface area (Å²) in [7, 11) is 0. The van der Waals surface area contributed by atoms with Crippen LogP contribution in [0.25, 0.3) is 5.52 Å². The summed E-state index contributed by atoms with van der Waals surface area (Å²) in [6.45, 7) is 2.82. The topological polar surface area (TPSA) is 98.4 Å². The van der Waals surface area contributed by atoms with Crippen LogP contribution < -0.4 is 15.4 Å². The van der Waals surface area contributed by atoms with Gasteiger partial charge in [-0.2, -0.15) is 10.1 Å². The van der Waals surface area contributed by atoms with Gasteiger partial charge in [0.05, 0.1) is 11.9 Å². The van der Waals surface area contributed by atoms with Crippen molar-refractivity contribution in [1.82, 2.24) is 24.4 Å². The van der Waals surface area contributed by atoms with Crippen molar-refractivity contribution in [2.24, 2.45) is 0 Å². The smallest absolute Gasteiger partial charge is 0.257 e. The zero-order chi connectivity index (χ0) is 22.7. The number of alkyl halides is 2. The van der Waals surface area contributed by atoms with Crippen molar-refractivity contribution >= 4 is 28.7 Å². The van der Waals surface area contributed by atoms with E-state index in [-0.39, 0.29) is 17.6 Å². The second kappa shape index (κ2) is 8.79. The van der Waals surface area contributed by atoms with E-state index in [9.17, 15) is 18.0 Å². The minimum atomic E-state index is -2.54. The number of rotatable bonds is 8. The van der Waals surface area contributed by atoms with Crippen LogP contribution in [0.1, 0.15) is 0 Å². The molecular formula is C20H16F3N7O2. The van der Waals surface area contributed by atoms with Gasteiger partial charge in [0.15, 0.2) is 11.6 Å². The van der Waals surface area contributed by atoms with Crippen LogP contribution in [0.15, 0.2) is 61.6 Å². The van der Waals surface area contributed by atoms with Gasteiger partial charge in [-0.25, -0.2) is 17.7 Å². The van der Waals surface area contributed by atoms with Crippen LogP contribution in [0.2, 0.25) is 0 Å². The van der Waals surface area contributed by atoms with Gasteiger partial charge in [-0.1, -0.05) is 6.58 Å². The number of amides is 1. The number of hydrogen-bond donors (Lipinski definition) is 2. The lowest BCUT2D eigenvalue weighted by molar-refractivity contribution is -0.111. The van der Waals surface area contributed by atoms with Crippen LogP contribution in [0.3, 0.4) is 0 Å². The van der Waals surface area contributed by atoms with Crippen molar-refractivity contribution in [2.45, 2.75) is 13.0 Å². The molecule has 1 amide bonds. The quantitative estimate of drug-likeness (QED) is 0.400. The van der Waals surface area contributed by atoms with Gasteiger partial charge >= 0.3 is 0 Å². The van der Waals surface area contributed by atoms with E-state index in [1.807, 2.05) is 0 Å². The van der Waals surface area contributed by atoms with Gasteiger partial charge in [-0.15, -0.1) is 5.10 Å². The van der Waals surface area contributed by atoms with E-state index in [2.05, 4.69) is 32.4 Å². The maximum absolute atomic E-state index is 14.4. The van der Waals surface area contributed by atoms with Crippen molar-refractivity contribution in [3.8, 4) is 11.6 Å². The Balaban J connectivity index is 1.63. The van der Waals surface area contributed by atoms with Crippen LogP contribution in [-0.4, -0.2) is 36.7 Å². The SMILES string of the molecule is C=CC(=O)Nc1ccc(F)c(Oc2nc(Nc3cnn(CC(F)F)c3)nn3cccc23)c1. The number of ether oxygens (including phenoxy) is 1. The number of anilines is 3. The summed E-state index contributed by atoms with van der Waals surface area (Å²) in [5.41, 5.74) is 1.13. The van der Waals surface area contributed by atoms with E-state index in [1.165, 1.54) is 29.0 Å². The minimum absolute atomic E-state index is 0.0265. The second-order valence-electron chi connectivity index (χ2n) is 6.49. The van der Waals surface area contributed by atoms with E-state index in [0.717, 1.165) is 16.8 Å². The van der Waals surface area contributed by atoms with Gasteiger partial charge in [-0.05, 0) is 30.3 Å². The molecule has 0 bridgehead atoms. The van der Waals surface area contributed by atoms with Gasteiger partial charge in [0.2, 0.25) is 17.7 Å². The molecule has 4 aromatic rings. The molecule has 0 unspecified atom stereocenters. The third-order valence-corrected chi connectivity index (χ3v) is 4.16. The summed E-state index contributed by atoms with van der Waals surface area (Å²) < 4.78 is 47.6. The molecule has 0 fully saturated rings. The Morgan fingerprint density at radius 3 is 2.91 bits per heavy atom. The van der Waals surface area contributed by atoms with Crippen molar-refractivity contribution in [1.29, 1.82) is 0 Å². The number of aromatic nitrogens is 5. The average Bonchev–Trinajstić information content (AvgIpc) is 3.39. The largest absolute Gasteiger partial charge is 0.434 e. The highest BCUT2D eigenvalue weighted by Crippen LogP contribution is 2.30. The second-order valence-corrected chi connectivity index (χ2v) is 6.49. The van der Waals surface area contributed by atoms with Crippen LogP contribution in [0, 0.1) is 5.82 Å². The normalized spacial score (nSPS) is 11.0. The predicted octanol–water partition coefficient (Wildman–Crippen LogP) is 3.99. The Morgan fingerprint density at radius 1 is 1.28 bits per heavy atom. The lowest BCUT2D eigenvalue weighted by atomic mass is 10.3. The molecule has 12 heteroatoms. The fourth-order valence-electron chi connectivity index (χ4n) is 2.79. The highest BCUT2D eigenvalue weighted by atomic mass is 19.3. The molecule has 0 aliphatic rings. The molecule has 4 rings (SSSR count). The monoisotopic (exact) mass is 443 g/mol. The third kappa shape index (κ3) is 4.69. The number of hydrogen-bond acceptors (Lipinski definition) is 6. The van der Waals surface area contributed by atoms with E-state index in [4.69, 9.17) is 4.74 Å². The van der Waals surface area contributed by atoms with Gasteiger partial charge < -0.3 is 15.4 Å². The van der Waals surface area contributed by atoms with Crippen LogP contribution in [0.4, 0.5) is 30.5 Å². The summed E-state index contributed by atoms with van der Waals surface area (Å²) in [5.74, 6) is -1.22. The Morgan fingerprint density at radius 2 is 2.12 bits per heavy atom. The van der Waals surface area contributed by atoms with E-state index in [0.29, 0.717) is 16.9 Å². The molecule has 32 heavy (non-hydrogen) atoms. The van der Waals surface area contributed by atoms with Gasteiger partial charge in [0.1, 0.15) is 12.1 Å². The standard InChI is InChI=1S/C20H16F3N7O2/c1-2-18(31)25-12-5-6-14(21)16(8-12)32-19-15-4-3-7-30(15)28-20(27-19)26-13-9-24-29(10-13)11-17(22)23/h2-10,17H,1,11H2,(H,25,31)(H,26,28). The predicted molar refractivity (Wildman–Crippen MR) is 110 cm³/mol. The Kier molecular flexibility index (Phi) is 5.75. The van der Waals surface area contributed by atoms with Crippen LogP contribution >= 0.6 is 0 Å². The summed E-state index contributed by atoms with van der Waals surface area (Å²) in [4.78, 5) is 15.8. The molecule has 164 valence electrons. The first-order valence-electron chi connectivity index (χ1n) is 9.25. The number of nitrogens with one attached hydrogen (secondary N) is 2. The molecule has 0 aliphatic carbocycles. The molecule has 0 radical (unpaired) electrons. The van der Waals surface area contributed by atoms with E-state index in [1.54, 1.807) is 18.3 Å². The number of benzene rings is 1. The van der Waals surface area contributed by atoms with Crippen LogP contribution in [-0.2, 0) is 11.3 Å². The summed E-state index contributed by atoms with van der Waals surface area (Å²) >= 11 is 0. The van der Waals surface area contributed by atoms with Crippen molar-refractivity contribution in [3.63, 3.8) is 0 Å². The molecule has 3 heterocycles. The number of nitrogens with zero attached hydrogens (tertiary/aromatic N) is 5. The third-order valence-electron chi connectivity index (χ3n) is 4.16. The average molecular weight is 443 g/mol. The molecule has 0 aliphatic heterocycles. The van der Waals surface area contributed by atoms with Gasteiger partial charge in [0, 0.05) is 24.1 Å². The number of halogens is 3. The minimum Gasteiger partial charge on any atom is -0.434 e. The first-order valence-corrected chi connectivity index (χ1v) is 9.25. The lowest BCUT2D eigenvalue weighted by Gasteiger charge is -2.11. The molecule has 1 aromatic carbocycles. The molecule has 0 spiro atoms. The molecule has 3 aromatic heterocycles. The molecular weight excluding hydrogens is 427 g/mol. The zero-order valence-corrected chi connectivity index (χ0v) is 16.4. The van der Waals surface area contributed by atoms with Gasteiger partial charge in [0.25, 0.3) is 6.43 Å². The fourth-order valence-corrected chi connectivity index (χ4v) is 2.79. The van der Waals surface area contributed by atoms with E-state index < -0.39 is 24.7 Å². The number of fused-ring (bicyclic) bond motifs is 1. The molecule has 0 saturated heterocycles. The maximum atomic E-state index is 14.4. The van der Waals surface area contributed by atoms with Gasteiger partial charge in [-0.3, -0.25) is 9.48 Å². The first kappa shape index (κ1) is 20.9. The van der Waals surface area contributed by atoms with Crippen molar-refractivity contribution in [2.75, 3.05) is 10.6 Å². The zero-order valence-electron chi connectivity index (χ0n) is 16.4. The molecule has 2 N–H and O–H groups in total.